The van der Waals surface area contributed by atoms with Crippen LogP contribution in [0.4, 0.5) is 17.1 Å². The fourth-order valence-corrected chi connectivity index (χ4v) is 3.38. The molecule has 0 aliphatic rings. The summed E-state index contributed by atoms with van der Waals surface area (Å²) in [6, 6.07) is 24.6. The molecule has 3 aromatic carbocycles. The second-order valence-electron chi connectivity index (χ2n) is 5.76. The third-order valence-corrected chi connectivity index (χ3v) is 5.23. The van der Waals surface area contributed by atoms with Crippen LogP contribution in [-0.2, 0) is 7.59 Å². The summed E-state index contributed by atoms with van der Waals surface area (Å²) in [6.07, 6.45) is 0. The van der Waals surface area contributed by atoms with Gasteiger partial charge in [0.25, 0.3) is 0 Å². The first-order valence-electron chi connectivity index (χ1n) is 7.86. The van der Waals surface area contributed by atoms with E-state index in [4.69, 9.17) is 69.6 Å². The molecule has 0 saturated heterocycles. The summed E-state index contributed by atoms with van der Waals surface area (Å²) in [6.45, 7) is 0. The fraction of sp³-hybridized carbons (Fsp3) is 0.100. The molecule has 0 unspecified atom stereocenters. The molecule has 0 bridgehead atoms. The zero-order valence-corrected chi connectivity index (χ0v) is 19.5. The van der Waals surface area contributed by atoms with E-state index in [2.05, 4.69) is 4.90 Å². The Morgan fingerprint density at radius 1 is 0.464 bits per heavy atom. The van der Waals surface area contributed by atoms with Gasteiger partial charge in [-0.15, -0.1) is 12.4 Å². The van der Waals surface area contributed by atoms with Crippen molar-refractivity contribution in [1.29, 1.82) is 0 Å². The van der Waals surface area contributed by atoms with E-state index in [0.29, 0.717) is 11.1 Å². The van der Waals surface area contributed by atoms with Crippen molar-refractivity contribution < 1.29 is 0 Å². The van der Waals surface area contributed by atoms with Crippen LogP contribution in [0, 0.1) is 0 Å². The van der Waals surface area contributed by atoms with Crippen molar-refractivity contribution in [3.8, 4) is 0 Å². The molecule has 3 rings (SSSR count). The zero-order valence-electron chi connectivity index (χ0n) is 14.1. The third-order valence-electron chi connectivity index (χ3n) is 3.92. The van der Waals surface area contributed by atoms with Crippen LogP contribution < -0.4 is 4.90 Å². The normalized spacial score (nSPS) is 11.6. The quantitative estimate of drug-likeness (QED) is 0.314. The van der Waals surface area contributed by atoms with E-state index < -0.39 is 7.59 Å². The summed E-state index contributed by atoms with van der Waals surface area (Å²) in [7, 11) is 0. The van der Waals surface area contributed by atoms with Gasteiger partial charge < -0.3 is 4.90 Å². The van der Waals surface area contributed by atoms with Crippen molar-refractivity contribution in [2.45, 2.75) is 7.59 Å². The molecule has 8 heteroatoms. The van der Waals surface area contributed by atoms with Crippen molar-refractivity contribution in [2.24, 2.45) is 0 Å². The second kappa shape index (κ2) is 9.53. The second-order valence-corrected chi connectivity index (χ2v) is 10.3. The van der Waals surface area contributed by atoms with E-state index in [0.717, 1.165) is 17.1 Å². The van der Waals surface area contributed by atoms with E-state index in [1.165, 1.54) is 0 Å². The molecule has 148 valence electrons. The molecule has 1 nitrogen and oxygen atoms in total. The SMILES string of the molecule is Cl.ClC(Cl)(Cl)c1ccc(N(c2ccccc2)c2ccc(C(Cl)(Cl)Cl)cc2)cc1. The minimum atomic E-state index is -1.47. The van der Waals surface area contributed by atoms with Crippen molar-refractivity contribution in [3.05, 3.63) is 90.0 Å². The lowest BCUT2D eigenvalue weighted by molar-refractivity contribution is 1.20. The third kappa shape index (κ3) is 5.77. The van der Waals surface area contributed by atoms with Gasteiger partial charge in [0.2, 0.25) is 7.59 Å². The van der Waals surface area contributed by atoms with E-state index in [-0.39, 0.29) is 12.4 Å². The summed E-state index contributed by atoms with van der Waals surface area (Å²) in [5.41, 5.74) is 3.97. The van der Waals surface area contributed by atoms with Gasteiger partial charge in [0.1, 0.15) is 0 Å². The highest BCUT2D eigenvalue weighted by atomic mass is 35.6. The lowest BCUT2D eigenvalue weighted by Gasteiger charge is -2.26. The van der Waals surface area contributed by atoms with Gasteiger partial charge in [-0.25, -0.2) is 0 Å². The Morgan fingerprint density at radius 3 is 1.11 bits per heavy atom. The van der Waals surface area contributed by atoms with Crippen LogP contribution in [0.3, 0.4) is 0 Å². The Kier molecular flexibility index (Phi) is 8.09. The molecule has 0 saturated carbocycles. The summed E-state index contributed by atoms with van der Waals surface area (Å²) in [5, 5.41) is 0. The Bertz CT molecular complexity index is 826. The lowest BCUT2D eigenvalue weighted by Crippen LogP contribution is -2.11. The minimum absolute atomic E-state index is 0. The van der Waals surface area contributed by atoms with Gasteiger partial charge in [-0.1, -0.05) is 112 Å². The fourth-order valence-electron chi connectivity index (χ4n) is 2.62. The van der Waals surface area contributed by atoms with Crippen LogP contribution in [0.1, 0.15) is 11.1 Å². The summed E-state index contributed by atoms with van der Waals surface area (Å²) >= 11 is 35.8. The molecular formula is C20H14Cl7N. The molecule has 0 spiro atoms. The van der Waals surface area contributed by atoms with Crippen molar-refractivity contribution >= 4 is 99.1 Å². The first-order valence-corrected chi connectivity index (χ1v) is 10.1. The number of alkyl halides is 6. The first-order chi connectivity index (χ1) is 12.7. The van der Waals surface area contributed by atoms with Crippen molar-refractivity contribution in [3.63, 3.8) is 0 Å². The molecule has 0 heterocycles. The molecule has 0 atom stereocenters. The summed E-state index contributed by atoms with van der Waals surface area (Å²) in [5.74, 6) is 0. The minimum Gasteiger partial charge on any atom is -0.311 e. The highest BCUT2D eigenvalue weighted by Gasteiger charge is 2.24. The van der Waals surface area contributed by atoms with Crippen LogP contribution in [0.5, 0.6) is 0 Å². The van der Waals surface area contributed by atoms with Gasteiger partial charge in [0.15, 0.2) is 0 Å². The van der Waals surface area contributed by atoms with Gasteiger partial charge in [-0.2, -0.15) is 0 Å². The molecule has 0 amide bonds. The Balaban J connectivity index is 0.00000280. The van der Waals surface area contributed by atoms with Crippen LogP contribution in [-0.4, -0.2) is 0 Å². The zero-order chi connectivity index (χ0) is 19.7. The molecule has 0 fully saturated rings. The van der Waals surface area contributed by atoms with E-state index >= 15 is 0 Å². The topological polar surface area (TPSA) is 3.24 Å². The molecular weight excluding hydrogens is 502 g/mol. The molecule has 28 heavy (non-hydrogen) atoms. The molecule has 0 aliphatic heterocycles. The predicted octanol–water partition coefficient (Wildman–Crippen LogP) is 9.23. The number of nitrogens with zero attached hydrogens (tertiary/aromatic N) is 1. The predicted molar refractivity (Wildman–Crippen MR) is 127 cm³/mol. The van der Waals surface area contributed by atoms with Gasteiger partial charge >= 0.3 is 0 Å². The van der Waals surface area contributed by atoms with Gasteiger partial charge in [0.05, 0.1) is 0 Å². The lowest BCUT2D eigenvalue weighted by atomic mass is 10.1. The summed E-state index contributed by atoms with van der Waals surface area (Å²) < 4.78 is -2.94. The number of hydrogen-bond donors (Lipinski definition) is 0. The molecule has 0 aliphatic carbocycles. The van der Waals surface area contributed by atoms with Crippen LogP contribution in [0.2, 0.25) is 0 Å². The molecule has 0 aromatic heterocycles. The maximum atomic E-state index is 5.96. The Morgan fingerprint density at radius 2 is 0.786 bits per heavy atom. The molecule has 3 aromatic rings. The largest absolute Gasteiger partial charge is 0.311 e. The average Bonchev–Trinajstić information content (AvgIpc) is 2.62. The highest BCUT2D eigenvalue weighted by Crippen LogP contribution is 2.42. The van der Waals surface area contributed by atoms with Crippen molar-refractivity contribution in [2.75, 3.05) is 4.90 Å². The van der Waals surface area contributed by atoms with Crippen LogP contribution in [0.25, 0.3) is 0 Å². The number of benzene rings is 3. The summed E-state index contributed by atoms with van der Waals surface area (Å²) in [4.78, 5) is 2.06. The standard InChI is InChI=1S/C20H13Cl6N.ClH/c21-19(22,23)14-6-10-17(11-7-14)27(16-4-2-1-3-5-16)18-12-8-15(9-13-18)20(24,25)26;/h1-13H;1H. The number of hydrogen-bond acceptors (Lipinski definition) is 1. The Labute approximate surface area is 200 Å². The number of halogens is 7. The molecule has 0 N–H and O–H groups in total. The van der Waals surface area contributed by atoms with E-state index in [9.17, 15) is 0 Å². The first kappa shape index (κ1) is 23.8. The van der Waals surface area contributed by atoms with Gasteiger partial charge in [0, 0.05) is 28.2 Å². The van der Waals surface area contributed by atoms with Gasteiger partial charge in [-0.3, -0.25) is 0 Å². The molecule has 0 radical (unpaired) electrons. The average molecular weight is 517 g/mol. The monoisotopic (exact) mass is 513 g/mol. The van der Waals surface area contributed by atoms with E-state index in [1.807, 2.05) is 54.6 Å². The highest BCUT2D eigenvalue weighted by molar-refractivity contribution is 6.67. The van der Waals surface area contributed by atoms with Crippen LogP contribution in [0.15, 0.2) is 78.9 Å². The smallest absolute Gasteiger partial charge is 0.216 e. The Hall–Kier alpha value is -0.510. The maximum absolute atomic E-state index is 5.96. The van der Waals surface area contributed by atoms with E-state index in [1.54, 1.807) is 24.3 Å². The number of para-hydroxylation sites is 1. The van der Waals surface area contributed by atoms with Crippen molar-refractivity contribution in [1.82, 2.24) is 0 Å². The number of rotatable bonds is 3. The van der Waals surface area contributed by atoms with Gasteiger partial charge in [-0.05, 0) is 36.4 Å². The van der Waals surface area contributed by atoms with Crippen LogP contribution >= 0.6 is 82.0 Å². The maximum Gasteiger partial charge on any atom is 0.216 e. The number of anilines is 3.